The molecule has 0 saturated carbocycles. The monoisotopic (exact) mass is 398 g/mol. The Kier molecular flexibility index (Phi) is 4.67. The van der Waals surface area contributed by atoms with Crippen molar-refractivity contribution in [1.29, 1.82) is 0 Å². The van der Waals surface area contributed by atoms with Crippen LogP contribution in [0.15, 0.2) is 45.3 Å². The number of para-hydroxylation sites is 1. The number of carbonyl (C=O) groups is 1. The number of anilines is 3. The first-order chi connectivity index (χ1) is 9.52. The van der Waals surface area contributed by atoms with E-state index in [-0.39, 0.29) is 0 Å². The molecule has 0 aliphatic heterocycles. The third kappa shape index (κ3) is 3.13. The SMILES string of the molecule is COC(=O)c1cccc(Nc2cc(Br)ccc2Br)c1N. The minimum Gasteiger partial charge on any atom is -0.465 e. The van der Waals surface area contributed by atoms with Crippen LogP contribution in [0.3, 0.4) is 0 Å². The molecule has 0 aliphatic carbocycles. The lowest BCUT2D eigenvalue weighted by Gasteiger charge is -2.13. The molecule has 0 saturated heterocycles. The normalized spacial score (nSPS) is 10.2. The van der Waals surface area contributed by atoms with Gasteiger partial charge in [0.25, 0.3) is 0 Å². The third-order valence-electron chi connectivity index (χ3n) is 2.71. The lowest BCUT2D eigenvalue weighted by molar-refractivity contribution is 0.0602. The van der Waals surface area contributed by atoms with Crippen molar-refractivity contribution in [2.24, 2.45) is 0 Å². The number of rotatable bonds is 3. The molecule has 2 aromatic carbocycles. The quantitative estimate of drug-likeness (QED) is 0.595. The van der Waals surface area contributed by atoms with E-state index in [1.165, 1.54) is 7.11 Å². The predicted molar refractivity (Wildman–Crippen MR) is 87.3 cm³/mol. The van der Waals surface area contributed by atoms with Crippen molar-refractivity contribution in [3.63, 3.8) is 0 Å². The maximum Gasteiger partial charge on any atom is 0.340 e. The highest BCUT2D eigenvalue weighted by Crippen LogP contribution is 2.32. The molecule has 0 fully saturated rings. The fraction of sp³-hybridized carbons (Fsp3) is 0.0714. The highest BCUT2D eigenvalue weighted by molar-refractivity contribution is 9.11. The van der Waals surface area contributed by atoms with Crippen molar-refractivity contribution in [1.82, 2.24) is 0 Å². The molecule has 2 rings (SSSR count). The molecule has 0 unspecified atom stereocenters. The first kappa shape index (κ1) is 14.9. The van der Waals surface area contributed by atoms with Crippen LogP contribution in [0.4, 0.5) is 17.1 Å². The first-order valence-electron chi connectivity index (χ1n) is 5.72. The third-order valence-corrected chi connectivity index (χ3v) is 3.89. The van der Waals surface area contributed by atoms with E-state index < -0.39 is 5.97 Å². The molecule has 4 nitrogen and oxygen atoms in total. The van der Waals surface area contributed by atoms with E-state index >= 15 is 0 Å². The van der Waals surface area contributed by atoms with Crippen molar-refractivity contribution in [3.05, 3.63) is 50.9 Å². The summed E-state index contributed by atoms with van der Waals surface area (Å²) in [6.45, 7) is 0. The van der Waals surface area contributed by atoms with Crippen LogP contribution >= 0.6 is 31.9 Å². The fourth-order valence-corrected chi connectivity index (χ4v) is 2.41. The molecular weight excluding hydrogens is 388 g/mol. The molecule has 0 aliphatic rings. The molecule has 3 N–H and O–H groups in total. The summed E-state index contributed by atoms with van der Waals surface area (Å²) in [7, 11) is 1.33. The number of benzene rings is 2. The molecule has 0 aromatic heterocycles. The number of hydrogen-bond donors (Lipinski definition) is 2. The lowest BCUT2D eigenvalue weighted by atomic mass is 10.1. The molecule has 104 valence electrons. The Morgan fingerprint density at radius 1 is 1.20 bits per heavy atom. The summed E-state index contributed by atoms with van der Waals surface area (Å²) in [6, 6.07) is 10.9. The van der Waals surface area contributed by atoms with Crippen molar-refractivity contribution in [3.8, 4) is 0 Å². The Bertz CT molecular complexity index is 660. The predicted octanol–water partition coefficient (Wildman–Crippen LogP) is 4.32. The molecule has 2 aromatic rings. The molecule has 0 heterocycles. The van der Waals surface area contributed by atoms with Gasteiger partial charge in [-0.05, 0) is 46.3 Å². The van der Waals surface area contributed by atoms with Crippen molar-refractivity contribution in [2.45, 2.75) is 0 Å². The van der Waals surface area contributed by atoms with Crippen LogP contribution in [0.25, 0.3) is 0 Å². The second kappa shape index (κ2) is 6.28. The minimum atomic E-state index is -0.459. The van der Waals surface area contributed by atoms with Gasteiger partial charge in [0.05, 0.1) is 29.7 Å². The van der Waals surface area contributed by atoms with Gasteiger partial charge >= 0.3 is 5.97 Å². The second-order valence-corrected chi connectivity index (χ2v) is 5.78. The number of carbonyl (C=O) groups excluding carboxylic acids is 1. The number of nitrogens with two attached hydrogens (primary N) is 1. The maximum atomic E-state index is 11.6. The molecule has 0 amide bonds. The summed E-state index contributed by atoms with van der Waals surface area (Å²) in [4.78, 5) is 11.6. The van der Waals surface area contributed by atoms with Gasteiger partial charge in [0.15, 0.2) is 0 Å². The lowest BCUT2D eigenvalue weighted by Crippen LogP contribution is -2.07. The van der Waals surface area contributed by atoms with Gasteiger partial charge in [-0.2, -0.15) is 0 Å². The molecule has 20 heavy (non-hydrogen) atoms. The standard InChI is InChI=1S/C14H12Br2N2O2/c1-20-14(19)9-3-2-4-11(13(9)17)18-12-7-8(15)5-6-10(12)16/h2-7,18H,17H2,1H3. The number of esters is 1. The van der Waals surface area contributed by atoms with E-state index in [0.717, 1.165) is 14.6 Å². The van der Waals surface area contributed by atoms with Gasteiger partial charge in [-0.1, -0.05) is 22.0 Å². The number of ether oxygens (including phenoxy) is 1. The Balaban J connectivity index is 2.39. The summed E-state index contributed by atoms with van der Waals surface area (Å²) in [6.07, 6.45) is 0. The van der Waals surface area contributed by atoms with Crippen LogP contribution in [-0.2, 0) is 4.74 Å². The zero-order chi connectivity index (χ0) is 14.7. The van der Waals surface area contributed by atoms with E-state index in [0.29, 0.717) is 16.9 Å². The van der Waals surface area contributed by atoms with Gasteiger partial charge in [-0.15, -0.1) is 0 Å². The molecule has 0 bridgehead atoms. The highest BCUT2D eigenvalue weighted by atomic mass is 79.9. The van der Waals surface area contributed by atoms with Crippen LogP contribution in [0, 0.1) is 0 Å². The smallest absolute Gasteiger partial charge is 0.340 e. The van der Waals surface area contributed by atoms with E-state index in [1.54, 1.807) is 18.2 Å². The van der Waals surface area contributed by atoms with Gasteiger partial charge in [0, 0.05) is 8.95 Å². The van der Waals surface area contributed by atoms with Gasteiger partial charge in [-0.25, -0.2) is 4.79 Å². The average molecular weight is 400 g/mol. The van der Waals surface area contributed by atoms with E-state index in [4.69, 9.17) is 10.5 Å². The molecule has 0 atom stereocenters. The number of nitrogen functional groups attached to an aromatic ring is 1. The van der Waals surface area contributed by atoms with E-state index in [1.807, 2.05) is 18.2 Å². The Hall–Kier alpha value is -1.53. The Labute approximate surface area is 133 Å². The zero-order valence-electron chi connectivity index (χ0n) is 10.6. The van der Waals surface area contributed by atoms with Gasteiger partial charge in [0.1, 0.15) is 0 Å². The number of nitrogens with one attached hydrogen (secondary N) is 1. The molecule has 0 spiro atoms. The maximum absolute atomic E-state index is 11.6. The largest absolute Gasteiger partial charge is 0.465 e. The highest BCUT2D eigenvalue weighted by Gasteiger charge is 2.13. The van der Waals surface area contributed by atoms with Gasteiger partial charge in [0.2, 0.25) is 0 Å². The number of hydrogen-bond acceptors (Lipinski definition) is 4. The van der Waals surface area contributed by atoms with Gasteiger partial charge < -0.3 is 15.8 Å². The average Bonchev–Trinajstić information content (AvgIpc) is 2.44. The summed E-state index contributed by atoms with van der Waals surface area (Å²) in [5.74, 6) is -0.459. The molecule has 0 radical (unpaired) electrons. The van der Waals surface area contributed by atoms with Crippen molar-refractivity contribution < 1.29 is 9.53 Å². The Morgan fingerprint density at radius 2 is 1.95 bits per heavy atom. The minimum absolute atomic E-state index is 0.337. The topological polar surface area (TPSA) is 64.3 Å². The summed E-state index contributed by atoms with van der Waals surface area (Å²) >= 11 is 6.87. The van der Waals surface area contributed by atoms with Gasteiger partial charge in [-0.3, -0.25) is 0 Å². The van der Waals surface area contributed by atoms with Crippen LogP contribution in [0.2, 0.25) is 0 Å². The first-order valence-corrected chi connectivity index (χ1v) is 7.30. The molecule has 6 heteroatoms. The molecular formula is C14H12Br2N2O2. The summed E-state index contributed by atoms with van der Waals surface area (Å²) in [5.41, 5.74) is 8.18. The summed E-state index contributed by atoms with van der Waals surface area (Å²) in [5, 5.41) is 3.19. The second-order valence-electron chi connectivity index (χ2n) is 4.01. The summed E-state index contributed by atoms with van der Waals surface area (Å²) < 4.78 is 6.53. The number of methoxy groups -OCH3 is 1. The van der Waals surface area contributed by atoms with Crippen LogP contribution in [0.5, 0.6) is 0 Å². The van der Waals surface area contributed by atoms with E-state index in [9.17, 15) is 4.79 Å². The fourth-order valence-electron chi connectivity index (χ4n) is 1.70. The van der Waals surface area contributed by atoms with Crippen molar-refractivity contribution in [2.75, 3.05) is 18.2 Å². The van der Waals surface area contributed by atoms with Crippen LogP contribution in [-0.4, -0.2) is 13.1 Å². The van der Waals surface area contributed by atoms with E-state index in [2.05, 4.69) is 37.2 Å². The van der Waals surface area contributed by atoms with Crippen LogP contribution in [0.1, 0.15) is 10.4 Å². The Morgan fingerprint density at radius 3 is 2.65 bits per heavy atom. The number of halogens is 2. The van der Waals surface area contributed by atoms with Crippen molar-refractivity contribution >= 4 is 54.9 Å². The van der Waals surface area contributed by atoms with Crippen LogP contribution < -0.4 is 11.1 Å². The zero-order valence-corrected chi connectivity index (χ0v) is 13.8.